The molecule has 0 aliphatic rings. The fourth-order valence-electron chi connectivity index (χ4n) is 1.22. The minimum Gasteiger partial charge on any atom is -0.515 e. The zero-order chi connectivity index (χ0) is 12.0. The highest BCUT2D eigenvalue weighted by Gasteiger charge is 2.09. The quantitative estimate of drug-likeness (QED) is 0.482. The van der Waals surface area contributed by atoms with Gasteiger partial charge in [0.25, 0.3) is 0 Å². The van der Waals surface area contributed by atoms with Gasteiger partial charge in [-0.15, -0.1) is 0 Å². The van der Waals surface area contributed by atoms with E-state index in [9.17, 15) is 4.79 Å². The van der Waals surface area contributed by atoms with Gasteiger partial charge in [-0.1, -0.05) is 12.1 Å². The molecule has 0 heterocycles. The van der Waals surface area contributed by atoms with Gasteiger partial charge in [0.15, 0.2) is 0 Å². The van der Waals surface area contributed by atoms with E-state index in [0.29, 0.717) is 6.26 Å². The van der Waals surface area contributed by atoms with Gasteiger partial charge < -0.3 is 14.6 Å². The van der Waals surface area contributed by atoms with Crippen molar-refractivity contribution in [2.75, 3.05) is 7.11 Å². The molecule has 1 N–H and O–H groups in total. The number of carbonyl (C=O) groups excluding carboxylic acids is 1. The number of aliphatic hydroxyl groups excluding tert-OH is 1. The van der Waals surface area contributed by atoms with E-state index in [-0.39, 0.29) is 6.10 Å². The maximum atomic E-state index is 11.1. The number of aliphatic hydroxyl groups is 1. The first-order valence-corrected chi connectivity index (χ1v) is 4.82. The molecule has 86 valence electrons. The zero-order valence-electron chi connectivity index (χ0n) is 9.21. The number of benzene rings is 1. The highest BCUT2D eigenvalue weighted by Crippen LogP contribution is 2.20. The summed E-state index contributed by atoms with van der Waals surface area (Å²) < 4.78 is 10.0. The fourth-order valence-corrected chi connectivity index (χ4v) is 1.22. The molecule has 16 heavy (non-hydrogen) atoms. The number of ether oxygens (including phenoxy) is 2. The molecule has 0 aromatic heterocycles. The van der Waals surface area contributed by atoms with Crippen molar-refractivity contribution >= 4 is 5.97 Å². The van der Waals surface area contributed by atoms with Gasteiger partial charge in [-0.3, -0.25) is 0 Å². The topological polar surface area (TPSA) is 55.8 Å². The lowest BCUT2D eigenvalue weighted by atomic mass is 10.1. The summed E-state index contributed by atoms with van der Waals surface area (Å²) in [5, 5.41) is 8.39. The van der Waals surface area contributed by atoms with Gasteiger partial charge in [0.1, 0.15) is 11.9 Å². The first kappa shape index (κ1) is 12.1. The SMILES string of the molecule is COc1ccc(C(C)OC(=O)/C=C/O)cc1. The summed E-state index contributed by atoms with van der Waals surface area (Å²) in [4.78, 5) is 11.1. The van der Waals surface area contributed by atoms with Gasteiger partial charge in [0.05, 0.1) is 19.4 Å². The number of hydrogen-bond acceptors (Lipinski definition) is 4. The highest BCUT2D eigenvalue weighted by molar-refractivity contribution is 5.81. The van der Waals surface area contributed by atoms with Crippen LogP contribution in [0.4, 0.5) is 0 Å². The second-order valence-electron chi connectivity index (χ2n) is 3.17. The molecule has 4 heteroatoms. The Labute approximate surface area is 94.1 Å². The van der Waals surface area contributed by atoms with Gasteiger partial charge in [-0.05, 0) is 24.6 Å². The largest absolute Gasteiger partial charge is 0.515 e. The minimum atomic E-state index is -0.578. The average Bonchev–Trinajstić information content (AvgIpc) is 2.29. The third kappa shape index (κ3) is 3.31. The standard InChI is InChI=1S/C12H14O4/c1-9(16-12(14)7-8-13)10-3-5-11(15-2)6-4-10/h3-9,13H,1-2H3/b8-7+. The van der Waals surface area contributed by atoms with E-state index in [1.807, 2.05) is 12.1 Å². The summed E-state index contributed by atoms with van der Waals surface area (Å²) >= 11 is 0. The number of rotatable bonds is 4. The molecule has 0 fully saturated rings. The predicted molar refractivity (Wildman–Crippen MR) is 59.3 cm³/mol. The van der Waals surface area contributed by atoms with Crippen molar-refractivity contribution in [3.8, 4) is 5.75 Å². The third-order valence-electron chi connectivity index (χ3n) is 2.09. The monoisotopic (exact) mass is 222 g/mol. The molecule has 0 aliphatic carbocycles. The van der Waals surface area contributed by atoms with Gasteiger partial charge in [-0.2, -0.15) is 0 Å². The Morgan fingerprint density at radius 1 is 1.38 bits per heavy atom. The fraction of sp³-hybridized carbons (Fsp3) is 0.250. The van der Waals surface area contributed by atoms with Crippen LogP contribution in [0, 0.1) is 0 Å². The lowest BCUT2D eigenvalue weighted by molar-refractivity contribution is -0.142. The van der Waals surface area contributed by atoms with Crippen LogP contribution < -0.4 is 4.74 Å². The average molecular weight is 222 g/mol. The van der Waals surface area contributed by atoms with E-state index in [4.69, 9.17) is 14.6 Å². The van der Waals surface area contributed by atoms with Gasteiger partial charge in [-0.25, -0.2) is 4.79 Å². The molecule has 0 radical (unpaired) electrons. The Kier molecular flexibility index (Phi) is 4.39. The van der Waals surface area contributed by atoms with Crippen LogP contribution in [0.5, 0.6) is 5.75 Å². The summed E-state index contributed by atoms with van der Waals surface area (Å²) in [6, 6.07) is 7.22. The lowest BCUT2D eigenvalue weighted by Gasteiger charge is -2.12. The molecule has 1 aromatic rings. The molecular weight excluding hydrogens is 208 g/mol. The van der Waals surface area contributed by atoms with Crippen molar-refractivity contribution < 1.29 is 19.4 Å². The molecular formula is C12H14O4. The number of carbonyl (C=O) groups is 1. The number of methoxy groups -OCH3 is 1. The molecule has 0 saturated carbocycles. The van der Waals surface area contributed by atoms with Crippen LogP contribution in [0.25, 0.3) is 0 Å². The van der Waals surface area contributed by atoms with Gasteiger partial charge in [0.2, 0.25) is 0 Å². The summed E-state index contributed by atoms with van der Waals surface area (Å²) in [7, 11) is 1.59. The Morgan fingerprint density at radius 3 is 2.50 bits per heavy atom. The molecule has 1 rings (SSSR count). The number of hydrogen-bond donors (Lipinski definition) is 1. The molecule has 0 aliphatic heterocycles. The van der Waals surface area contributed by atoms with Crippen molar-refractivity contribution in [1.82, 2.24) is 0 Å². The Morgan fingerprint density at radius 2 is 2.00 bits per heavy atom. The van der Waals surface area contributed by atoms with Crippen LogP contribution in [0.3, 0.4) is 0 Å². The molecule has 0 saturated heterocycles. The van der Waals surface area contributed by atoms with Gasteiger partial charge >= 0.3 is 5.97 Å². The van der Waals surface area contributed by atoms with E-state index in [0.717, 1.165) is 17.4 Å². The second-order valence-corrected chi connectivity index (χ2v) is 3.17. The summed E-state index contributed by atoms with van der Waals surface area (Å²) in [5.41, 5.74) is 0.862. The maximum absolute atomic E-state index is 11.1. The first-order chi connectivity index (χ1) is 7.67. The molecule has 1 aromatic carbocycles. The predicted octanol–water partition coefficient (Wildman–Crippen LogP) is 2.37. The van der Waals surface area contributed by atoms with Crippen molar-refractivity contribution in [3.05, 3.63) is 42.2 Å². The summed E-state index contributed by atoms with van der Waals surface area (Å²) in [5.74, 6) is 0.170. The normalized spacial score (nSPS) is 12.4. The zero-order valence-corrected chi connectivity index (χ0v) is 9.21. The van der Waals surface area contributed by atoms with Crippen molar-refractivity contribution in [2.45, 2.75) is 13.0 Å². The second kappa shape index (κ2) is 5.80. The van der Waals surface area contributed by atoms with E-state index in [1.165, 1.54) is 0 Å². The van der Waals surface area contributed by atoms with Crippen LogP contribution in [-0.4, -0.2) is 18.2 Å². The Hall–Kier alpha value is -1.97. The van der Waals surface area contributed by atoms with Crippen LogP contribution in [-0.2, 0) is 9.53 Å². The van der Waals surface area contributed by atoms with Crippen LogP contribution in [0.1, 0.15) is 18.6 Å². The van der Waals surface area contributed by atoms with E-state index < -0.39 is 5.97 Å². The van der Waals surface area contributed by atoms with Crippen molar-refractivity contribution in [2.24, 2.45) is 0 Å². The Bertz CT molecular complexity index is 367. The molecule has 1 unspecified atom stereocenters. The van der Waals surface area contributed by atoms with Crippen molar-refractivity contribution in [3.63, 3.8) is 0 Å². The molecule has 1 atom stereocenters. The lowest BCUT2D eigenvalue weighted by Crippen LogP contribution is -2.06. The highest BCUT2D eigenvalue weighted by atomic mass is 16.5. The van der Waals surface area contributed by atoms with Gasteiger partial charge in [0, 0.05) is 0 Å². The first-order valence-electron chi connectivity index (χ1n) is 4.82. The van der Waals surface area contributed by atoms with Crippen LogP contribution in [0.15, 0.2) is 36.6 Å². The van der Waals surface area contributed by atoms with E-state index in [1.54, 1.807) is 26.2 Å². The third-order valence-corrected chi connectivity index (χ3v) is 2.09. The summed E-state index contributed by atoms with van der Waals surface area (Å²) in [6.45, 7) is 1.75. The number of esters is 1. The van der Waals surface area contributed by atoms with Crippen molar-refractivity contribution in [1.29, 1.82) is 0 Å². The minimum absolute atomic E-state index is 0.366. The molecule has 0 spiro atoms. The smallest absolute Gasteiger partial charge is 0.334 e. The Balaban J connectivity index is 2.65. The summed E-state index contributed by atoms with van der Waals surface area (Å²) in [6.07, 6.45) is 1.25. The van der Waals surface area contributed by atoms with Crippen LogP contribution in [0.2, 0.25) is 0 Å². The molecule has 0 amide bonds. The molecule has 0 bridgehead atoms. The van der Waals surface area contributed by atoms with E-state index >= 15 is 0 Å². The maximum Gasteiger partial charge on any atom is 0.334 e. The van der Waals surface area contributed by atoms with Crippen LogP contribution >= 0.6 is 0 Å². The van der Waals surface area contributed by atoms with E-state index in [2.05, 4.69) is 0 Å². The molecule has 4 nitrogen and oxygen atoms in total.